The molecule has 4 aromatic rings. The van der Waals surface area contributed by atoms with Crippen molar-refractivity contribution in [3.8, 4) is 22.9 Å². The van der Waals surface area contributed by atoms with Gasteiger partial charge in [-0.05, 0) is 83.2 Å². The van der Waals surface area contributed by atoms with E-state index in [2.05, 4.69) is 21.4 Å². The highest BCUT2D eigenvalue weighted by Crippen LogP contribution is 2.40. The van der Waals surface area contributed by atoms with E-state index in [1.165, 1.54) is 0 Å². The van der Waals surface area contributed by atoms with Gasteiger partial charge in [0.15, 0.2) is 0 Å². The van der Waals surface area contributed by atoms with Crippen molar-refractivity contribution in [3.05, 3.63) is 66.5 Å². The lowest BCUT2D eigenvalue weighted by molar-refractivity contribution is -0.123. The normalized spacial score (nSPS) is 18.8. The van der Waals surface area contributed by atoms with E-state index >= 15 is 0 Å². The van der Waals surface area contributed by atoms with E-state index in [-0.39, 0.29) is 24.0 Å². The molecule has 0 saturated carbocycles. The van der Waals surface area contributed by atoms with Crippen LogP contribution in [0.25, 0.3) is 22.0 Å². The molecule has 2 amide bonds. The van der Waals surface area contributed by atoms with Crippen molar-refractivity contribution < 1.29 is 19.1 Å². The number of benzene rings is 2. The molecule has 2 atom stereocenters. The molecule has 0 radical (unpaired) electrons. The smallest absolute Gasteiger partial charge is 0.410 e. The van der Waals surface area contributed by atoms with E-state index < -0.39 is 5.60 Å². The van der Waals surface area contributed by atoms with E-state index in [0.717, 1.165) is 53.3 Å². The fraction of sp³-hybridized carbons (Fsp3) is 0.417. The molecule has 10 nitrogen and oxygen atoms in total. The molecule has 1 unspecified atom stereocenters. The van der Waals surface area contributed by atoms with Crippen LogP contribution in [0, 0.1) is 12.8 Å². The van der Waals surface area contributed by atoms with Crippen molar-refractivity contribution in [2.75, 3.05) is 29.9 Å². The second-order valence-corrected chi connectivity index (χ2v) is 13.3. The molecule has 2 aromatic heterocycles. The van der Waals surface area contributed by atoms with Gasteiger partial charge >= 0.3 is 6.09 Å². The fourth-order valence-electron chi connectivity index (χ4n) is 6.20. The third kappa shape index (κ3) is 6.76. The average Bonchev–Trinajstić information content (AvgIpc) is 3.03. The van der Waals surface area contributed by atoms with Crippen molar-refractivity contribution in [3.63, 3.8) is 0 Å². The van der Waals surface area contributed by atoms with Crippen LogP contribution in [-0.4, -0.2) is 63.1 Å². The first kappa shape index (κ1) is 31.3. The van der Waals surface area contributed by atoms with E-state index in [9.17, 15) is 9.59 Å². The van der Waals surface area contributed by atoms with Gasteiger partial charge in [0.2, 0.25) is 17.7 Å². The highest BCUT2D eigenvalue weighted by molar-refractivity contribution is 6.06. The average molecular weight is 623 g/mol. The Morgan fingerprint density at radius 1 is 0.957 bits per heavy atom. The number of amides is 2. The molecule has 0 bridgehead atoms. The zero-order chi connectivity index (χ0) is 32.4. The maximum absolute atomic E-state index is 13.1. The van der Waals surface area contributed by atoms with Gasteiger partial charge in [-0.1, -0.05) is 31.2 Å². The number of aryl methyl sites for hydroxylation is 1. The summed E-state index contributed by atoms with van der Waals surface area (Å²) in [6.07, 6.45) is 6.75. The van der Waals surface area contributed by atoms with Crippen LogP contribution in [0.3, 0.4) is 0 Å². The largest absolute Gasteiger partial charge is 0.444 e. The van der Waals surface area contributed by atoms with E-state index in [1.807, 2.05) is 82.0 Å². The zero-order valence-corrected chi connectivity index (χ0v) is 27.2. The van der Waals surface area contributed by atoms with Gasteiger partial charge in [0.05, 0.1) is 16.9 Å². The second-order valence-electron chi connectivity index (χ2n) is 13.3. The SMILES string of the molecule is Cc1ccc2c(N3CCCC(C)C3=O)cccc2c1Oc1ncccc1-c1ccnc(N[C@H]2CCCN(C(=O)OC(C)(C)C)C2)n1. The van der Waals surface area contributed by atoms with Crippen LogP contribution < -0.4 is 15.0 Å². The monoisotopic (exact) mass is 622 g/mol. The van der Waals surface area contributed by atoms with Gasteiger partial charge in [0.25, 0.3) is 0 Å². The number of hydrogen-bond donors (Lipinski definition) is 1. The minimum absolute atomic E-state index is 0.00974. The Morgan fingerprint density at radius 2 is 1.78 bits per heavy atom. The minimum atomic E-state index is -0.545. The van der Waals surface area contributed by atoms with Gasteiger partial charge in [-0.2, -0.15) is 0 Å². The summed E-state index contributed by atoms with van der Waals surface area (Å²) < 4.78 is 12.2. The Kier molecular flexibility index (Phi) is 8.80. The molecule has 46 heavy (non-hydrogen) atoms. The lowest BCUT2D eigenvalue weighted by Crippen LogP contribution is -2.47. The van der Waals surface area contributed by atoms with Gasteiger partial charge in [0.1, 0.15) is 11.4 Å². The predicted molar refractivity (Wildman–Crippen MR) is 179 cm³/mol. The number of nitrogens with zero attached hydrogens (tertiary/aromatic N) is 5. The number of pyridine rings is 1. The summed E-state index contributed by atoms with van der Waals surface area (Å²) in [5, 5.41) is 5.30. The number of aromatic nitrogens is 3. The summed E-state index contributed by atoms with van der Waals surface area (Å²) in [7, 11) is 0. The lowest BCUT2D eigenvalue weighted by atomic mass is 9.97. The minimum Gasteiger partial charge on any atom is -0.444 e. The molecular weight excluding hydrogens is 580 g/mol. The maximum Gasteiger partial charge on any atom is 0.410 e. The van der Waals surface area contributed by atoms with Crippen LogP contribution in [0.1, 0.15) is 58.9 Å². The van der Waals surface area contributed by atoms with Gasteiger partial charge in [-0.15, -0.1) is 0 Å². The molecule has 240 valence electrons. The quantitative estimate of drug-likeness (QED) is 0.237. The molecule has 0 spiro atoms. The fourth-order valence-corrected chi connectivity index (χ4v) is 6.20. The van der Waals surface area contributed by atoms with Crippen LogP contribution in [0.2, 0.25) is 0 Å². The topological polar surface area (TPSA) is 110 Å². The number of carbonyl (C=O) groups is 2. The predicted octanol–water partition coefficient (Wildman–Crippen LogP) is 7.37. The highest BCUT2D eigenvalue weighted by Gasteiger charge is 2.29. The van der Waals surface area contributed by atoms with Crippen LogP contribution in [-0.2, 0) is 9.53 Å². The Labute approximate surface area is 270 Å². The van der Waals surface area contributed by atoms with Crippen molar-refractivity contribution in [2.24, 2.45) is 5.92 Å². The lowest BCUT2D eigenvalue weighted by Gasteiger charge is -2.34. The van der Waals surface area contributed by atoms with Crippen molar-refractivity contribution in [1.82, 2.24) is 19.9 Å². The Morgan fingerprint density at radius 3 is 2.61 bits per heavy atom. The van der Waals surface area contributed by atoms with Crippen molar-refractivity contribution in [2.45, 2.75) is 71.9 Å². The molecule has 2 aliphatic rings. The summed E-state index contributed by atoms with van der Waals surface area (Å²) in [4.78, 5) is 43.3. The number of rotatable bonds is 6. The second kappa shape index (κ2) is 12.9. The van der Waals surface area contributed by atoms with Crippen molar-refractivity contribution >= 4 is 34.4 Å². The molecule has 2 aromatic carbocycles. The van der Waals surface area contributed by atoms with Gasteiger partial charge < -0.3 is 24.6 Å². The standard InChI is InChI=1S/C36H42N6O4/c1-23-15-16-26-27(12-6-14-30(26)42-21-8-10-24(2)33(42)43)31(23)45-32-28(13-7-18-37-32)29-17-19-38-34(40-29)39-25-11-9-20-41(22-25)35(44)46-36(3,4)5/h6-7,12-19,24-25H,8-11,20-22H2,1-5H3,(H,38,39,40)/t24?,25-/m0/s1. The molecule has 4 heterocycles. The maximum atomic E-state index is 13.1. The number of ether oxygens (including phenoxy) is 2. The first-order valence-corrected chi connectivity index (χ1v) is 16.1. The van der Waals surface area contributed by atoms with E-state index in [4.69, 9.17) is 14.5 Å². The Hall–Kier alpha value is -4.73. The molecule has 2 saturated heterocycles. The Bertz CT molecular complexity index is 1750. The summed E-state index contributed by atoms with van der Waals surface area (Å²) in [5.41, 5.74) is 2.69. The molecule has 2 aliphatic heterocycles. The summed E-state index contributed by atoms with van der Waals surface area (Å²) in [6, 6.07) is 15.7. The first-order chi connectivity index (χ1) is 22.1. The number of fused-ring (bicyclic) bond motifs is 1. The molecule has 10 heteroatoms. The first-order valence-electron chi connectivity index (χ1n) is 16.1. The third-order valence-electron chi connectivity index (χ3n) is 8.49. The van der Waals surface area contributed by atoms with E-state index in [1.54, 1.807) is 17.3 Å². The summed E-state index contributed by atoms with van der Waals surface area (Å²) in [5.74, 6) is 1.75. The third-order valence-corrected chi connectivity index (χ3v) is 8.49. The number of likely N-dealkylation sites (tertiary alicyclic amines) is 1. The van der Waals surface area contributed by atoms with Crippen molar-refractivity contribution in [1.29, 1.82) is 0 Å². The number of anilines is 2. The van der Waals surface area contributed by atoms with E-state index in [0.29, 0.717) is 42.9 Å². The Balaban J connectivity index is 1.26. The molecule has 2 fully saturated rings. The van der Waals surface area contributed by atoms with Gasteiger partial charge in [-0.3, -0.25) is 4.79 Å². The number of nitrogens with one attached hydrogen (secondary N) is 1. The number of hydrogen-bond acceptors (Lipinski definition) is 8. The molecular formula is C36H42N6O4. The zero-order valence-electron chi connectivity index (χ0n) is 27.2. The summed E-state index contributed by atoms with van der Waals surface area (Å²) in [6.45, 7) is 11.5. The highest BCUT2D eigenvalue weighted by atomic mass is 16.6. The number of carbonyl (C=O) groups excluding carboxylic acids is 2. The molecule has 0 aliphatic carbocycles. The molecule has 1 N–H and O–H groups in total. The molecule has 6 rings (SSSR count). The van der Waals surface area contributed by atoms with Crippen LogP contribution >= 0.6 is 0 Å². The van der Waals surface area contributed by atoms with Crippen LogP contribution in [0.4, 0.5) is 16.4 Å². The van der Waals surface area contributed by atoms with Gasteiger partial charge in [0, 0.05) is 54.8 Å². The van der Waals surface area contributed by atoms with Crippen LogP contribution in [0.15, 0.2) is 60.9 Å². The number of piperidine rings is 2. The van der Waals surface area contributed by atoms with Gasteiger partial charge in [-0.25, -0.2) is 19.7 Å². The summed E-state index contributed by atoms with van der Waals surface area (Å²) >= 11 is 0. The van der Waals surface area contributed by atoms with Crippen LogP contribution in [0.5, 0.6) is 11.6 Å².